The zero-order valence-corrected chi connectivity index (χ0v) is 11.8. The molecule has 1 rings (SSSR count). The Morgan fingerprint density at radius 2 is 1.95 bits per heavy atom. The van der Waals surface area contributed by atoms with Crippen LogP contribution in [0.5, 0.6) is 5.75 Å². The topological polar surface area (TPSA) is 50.8 Å². The van der Waals surface area contributed by atoms with Crippen molar-refractivity contribution in [2.24, 2.45) is 0 Å². The van der Waals surface area contributed by atoms with Gasteiger partial charge in [0.2, 0.25) is 0 Å². The molecule has 0 saturated carbocycles. The van der Waals surface area contributed by atoms with E-state index >= 15 is 0 Å². The van der Waals surface area contributed by atoms with E-state index in [0.717, 1.165) is 18.0 Å². The molecule has 0 spiro atoms. The third kappa shape index (κ3) is 6.67. The summed E-state index contributed by atoms with van der Waals surface area (Å²) >= 11 is 0. The number of esters is 1. The fraction of sp³-hybridized carbons (Fsp3) is 0.500. The Hall–Kier alpha value is -1.75. The number of carbonyl (C=O) groups is 1. The van der Waals surface area contributed by atoms with Gasteiger partial charge in [0, 0.05) is 18.8 Å². The average Bonchev–Trinajstić information content (AvgIpc) is 2.40. The Balaban J connectivity index is 2.29. The molecule has 0 unspecified atom stereocenters. The molecule has 19 heavy (non-hydrogen) atoms. The lowest BCUT2D eigenvalue weighted by Crippen LogP contribution is -2.19. The van der Waals surface area contributed by atoms with Crippen LogP contribution in [-0.4, -0.2) is 51.8 Å². The normalized spacial score (nSPS) is 10.3. The van der Waals surface area contributed by atoms with Gasteiger partial charge in [0.15, 0.2) is 0 Å². The van der Waals surface area contributed by atoms with Gasteiger partial charge in [-0.1, -0.05) is 0 Å². The third-order valence-corrected chi connectivity index (χ3v) is 2.55. The van der Waals surface area contributed by atoms with Crippen molar-refractivity contribution in [2.45, 2.75) is 6.42 Å². The lowest BCUT2D eigenvalue weighted by atomic mass is 10.3. The molecule has 0 aromatic heterocycles. The summed E-state index contributed by atoms with van der Waals surface area (Å²) < 4.78 is 10.2. The highest BCUT2D eigenvalue weighted by atomic mass is 16.5. The molecule has 0 saturated heterocycles. The maximum absolute atomic E-state index is 10.9. The second-order valence-corrected chi connectivity index (χ2v) is 4.43. The number of hydrogen-bond donors (Lipinski definition) is 1. The number of nitrogens with one attached hydrogen (secondary N) is 1. The second-order valence-electron chi connectivity index (χ2n) is 4.43. The molecular weight excluding hydrogens is 244 g/mol. The van der Waals surface area contributed by atoms with Crippen LogP contribution in [0.1, 0.15) is 6.42 Å². The molecule has 5 nitrogen and oxygen atoms in total. The van der Waals surface area contributed by atoms with E-state index in [9.17, 15) is 4.79 Å². The number of carbonyl (C=O) groups excluding carboxylic acids is 1. The molecule has 1 aromatic carbocycles. The summed E-state index contributed by atoms with van der Waals surface area (Å²) in [5, 5.41) is 3.15. The number of ether oxygens (including phenoxy) is 2. The first-order chi connectivity index (χ1) is 9.11. The van der Waals surface area contributed by atoms with Gasteiger partial charge in [-0.2, -0.15) is 0 Å². The van der Waals surface area contributed by atoms with Crippen LogP contribution in [0.25, 0.3) is 0 Å². The Kier molecular flexibility index (Phi) is 6.74. The summed E-state index contributed by atoms with van der Waals surface area (Å²) in [4.78, 5) is 13.0. The van der Waals surface area contributed by atoms with Crippen molar-refractivity contribution in [3.8, 4) is 5.75 Å². The molecular formula is C14H22N2O3. The minimum atomic E-state index is -0.212. The summed E-state index contributed by atoms with van der Waals surface area (Å²) in [7, 11) is 5.41. The highest BCUT2D eigenvalue weighted by Gasteiger charge is 2.00. The lowest BCUT2D eigenvalue weighted by Gasteiger charge is -2.11. The molecule has 0 aliphatic carbocycles. The Morgan fingerprint density at radius 1 is 1.26 bits per heavy atom. The van der Waals surface area contributed by atoms with E-state index in [2.05, 4.69) is 15.0 Å². The van der Waals surface area contributed by atoms with Crippen molar-refractivity contribution >= 4 is 11.7 Å². The summed E-state index contributed by atoms with van der Waals surface area (Å²) in [6.45, 7) is 2.12. The number of nitrogens with zero attached hydrogens (tertiary/aromatic N) is 1. The smallest absolute Gasteiger partial charge is 0.307 e. The first kappa shape index (κ1) is 15.3. The van der Waals surface area contributed by atoms with Crippen LogP contribution >= 0.6 is 0 Å². The van der Waals surface area contributed by atoms with Crippen LogP contribution in [0.2, 0.25) is 0 Å². The first-order valence-corrected chi connectivity index (χ1v) is 6.30. The lowest BCUT2D eigenvalue weighted by molar-refractivity contribution is -0.140. The molecule has 5 heteroatoms. The largest absolute Gasteiger partial charge is 0.492 e. The summed E-state index contributed by atoms with van der Waals surface area (Å²) in [6, 6.07) is 7.69. The Morgan fingerprint density at radius 3 is 2.53 bits per heavy atom. The molecule has 0 amide bonds. The van der Waals surface area contributed by atoms with Crippen molar-refractivity contribution in [1.29, 1.82) is 0 Å². The zero-order chi connectivity index (χ0) is 14.1. The summed E-state index contributed by atoms with van der Waals surface area (Å²) in [6.07, 6.45) is 0.359. The van der Waals surface area contributed by atoms with Gasteiger partial charge in [-0.15, -0.1) is 0 Å². The van der Waals surface area contributed by atoms with Crippen LogP contribution < -0.4 is 10.1 Å². The predicted molar refractivity (Wildman–Crippen MR) is 75.6 cm³/mol. The third-order valence-electron chi connectivity index (χ3n) is 2.55. The van der Waals surface area contributed by atoms with Crippen LogP contribution in [0.15, 0.2) is 24.3 Å². The van der Waals surface area contributed by atoms with Gasteiger partial charge in [-0.3, -0.25) is 4.79 Å². The van der Waals surface area contributed by atoms with Gasteiger partial charge in [0.05, 0.1) is 13.5 Å². The van der Waals surface area contributed by atoms with Crippen LogP contribution in [-0.2, 0) is 9.53 Å². The van der Waals surface area contributed by atoms with Crippen molar-refractivity contribution in [3.05, 3.63) is 24.3 Å². The number of benzene rings is 1. The average molecular weight is 266 g/mol. The van der Waals surface area contributed by atoms with Crippen LogP contribution in [0.3, 0.4) is 0 Å². The van der Waals surface area contributed by atoms with E-state index in [-0.39, 0.29) is 5.97 Å². The highest BCUT2D eigenvalue weighted by molar-refractivity contribution is 5.69. The van der Waals surface area contributed by atoms with E-state index in [0.29, 0.717) is 19.6 Å². The Labute approximate surface area is 114 Å². The SMILES string of the molecule is COC(=O)CCNc1ccc(OCCN(C)C)cc1. The molecule has 106 valence electrons. The standard InChI is InChI=1S/C14H22N2O3/c1-16(2)10-11-19-13-6-4-12(5-7-13)15-9-8-14(17)18-3/h4-7,15H,8-11H2,1-3H3. The maximum atomic E-state index is 10.9. The quantitative estimate of drug-likeness (QED) is 0.724. The van der Waals surface area contributed by atoms with Crippen molar-refractivity contribution in [3.63, 3.8) is 0 Å². The van der Waals surface area contributed by atoms with Crippen molar-refractivity contribution < 1.29 is 14.3 Å². The van der Waals surface area contributed by atoms with Crippen LogP contribution in [0.4, 0.5) is 5.69 Å². The number of methoxy groups -OCH3 is 1. The monoisotopic (exact) mass is 266 g/mol. The van der Waals surface area contributed by atoms with E-state index in [1.54, 1.807) is 0 Å². The predicted octanol–water partition coefficient (Wildman–Crippen LogP) is 1.60. The molecule has 0 fully saturated rings. The van der Waals surface area contributed by atoms with E-state index in [4.69, 9.17) is 4.74 Å². The number of anilines is 1. The van der Waals surface area contributed by atoms with Gasteiger partial charge in [-0.25, -0.2) is 0 Å². The molecule has 0 aliphatic heterocycles. The number of hydrogen-bond acceptors (Lipinski definition) is 5. The highest BCUT2D eigenvalue weighted by Crippen LogP contribution is 2.15. The Bertz CT molecular complexity index is 377. The minimum Gasteiger partial charge on any atom is -0.492 e. The van der Waals surface area contributed by atoms with Gasteiger partial charge >= 0.3 is 5.97 Å². The van der Waals surface area contributed by atoms with Crippen molar-refractivity contribution in [2.75, 3.05) is 46.2 Å². The van der Waals surface area contributed by atoms with E-state index in [1.165, 1.54) is 7.11 Å². The van der Waals surface area contributed by atoms with Gasteiger partial charge in [0.25, 0.3) is 0 Å². The minimum absolute atomic E-state index is 0.212. The van der Waals surface area contributed by atoms with Gasteiger partial charge < -0.3 is 19.7 Å². The number of likely N-dealkylation sites (N-methyl/N-ethyl adjacent to an activating group) is 1. The molecule has 0 aliphatic rings. The molecule has 0 radical (unpaired) electrons. The molecule has 1 N–H and O–H groups in total. The summed E-state index contributed by atoms with van der Waals surface area (Å²) in [5.41, 5.74) is 0.962. The number of rotatable bonds is 8. The maximum Gasteiger partial charge on any atom is 0.307 e. The molecule has 1 aromatic rings. The van der Waals surface area contributed by atoms with E-state index < -0.39 is 0 Å². The van der Waals surface area contributed by atoms with E-state index in [1.807, 2.05) is 38.4 Å². The fourth-order valence-electron chi connectivity index (χ4n) is 1.43. The zero-order valence-electron chi connectivity index (χ0n) is 11.8. The molecule has 0 bridgehead atoms. The van der Waals surface area contributed by atoms with Crippen LogP contribution in [0, 0.1) is 0 Å². The second kappa shape index (κ2) is 8.37. The molecule has 0 heterocycles. The van der Waals surface area contributed by atoms with Gasteiger partial charge in [-0.05, 0) is 38.4 Å². The first-order valence-electron chi connectivity index (χ1n) is 6.30. The van der Waals surface area contributed by atoms with Crippen molar-refractivity contribution in [1.82, 2.24) is 4.90 Å². The molecule has 0 atom stereocenters. The fourth-order valence-corrected chi connectivity index (χ4v) is 1.43. The van der Waals surface area contributed by atoms with Gasteiger partial charge in [0.1, 0.15) is 12.4 Å². The summed E-state index contributed by atoms with van der Waals surface area (Å²) in [5.74, 6) is 0.636.